The van der Waals surface area contributed by atoms with E-state index in [2.05, 4.69) is 0 Å². The van der Waals surface area contributed by atoms with E-state index in [0.29, 0.717) is 0 Å². The van der Waals surface area contributed by atoms with Crippen LogP contribution in [0.3, 0.4) is 0 Å². The summed E-state index contributed by atoms with van der Waals surface area (Å²) in [6.07, 6.45) is 0.0348. The molecule has 0 unspecified atom stereocenters. The summed E-state index contributed by atoms with van der Waals surface area (Å²) in [6.45, 7) is 3.35. The third-order valence-corrected chi connectivity index (χ3v) is 5.13. The number of halogens is 1. The molecule has 9 heteroatoms. The predicted molar refractivity (Wildman–Crippen MR) is 77.4 cm³/mol. The predicted octanol–water partition coefficient (Wildman–Crippen LogP) is 2.56. The van der Waals surface area contributed by atoms with Gasteiger partial charge in [0.1, 0.15) is 5.02 Å². The second-order valence-corrected chi connectivity index (χ2v) is 6.79. The largest absolute Gasteiger partial charge is 0.289 e. The van der Waals surface area contributed by atoms with Gasteiger partial charge in [0.05, 0.1) is 15.9 Å². The van der Waals surface area contributed by atoms with Gasteiger partial charge in [-0.1, -0.05) is 11.6 Å². The van der Waals surface area contributed by atoms with Gasteiger partial charge in [-0.05, 0) is 26.0 Å². The van der Waals surface area contributed by atoms with Crippen LogP contribution >= 0.6 is 11.6 Å². The molecule has 1 aromatic rings. The van der Waals surface area contributed by atoms with Crippen LogP contribution in [0.2, 0.25) is 5.02 Å². The number of nitrogens with zero attached hydrogens (tertiary/aromatic N) is 3. The second-order valence-electron chi connectivity index (χ2n) is 4.49. The molecule has 0 fully saturated rings. The number of benzene rings is 1. The van der Waals surface area contributed by atoms with Crippen molar-refractivity contribution in [3.8, 4) is 6.07 Å². The summed E-state index contributed by atoms with van der Waals surface area (Å²) in [4.78, 5) is 9.89. The van der Waals surface area contributed by atoms with Gasteiger partial charge < -0.3 is 0 Å². The Morgan fingerprint density at radius 3 is 2.57 bits per heavy atom. The van der Waals surface area contributed by atoms with E-state index in [0.717, 1.165) is 10.4 Å². The molecule has 7 nitrogen and oxygen atoms in total. The molecule has 0 heterocycles. The van der Waals surface area contributed by atoms with Crippen molar-refractivity contribution in [3.63, 3.8) is 0 Å². The van der Waals surface area contributed by atoms with Crippen LogP contribution in [0.5, 0.6) is 0 Å². The quantitative estimate of drug-likeness (QED) is 0.588. The van der Waals surface area contributed by atoms with Crippen LogP contribution < -0.4 is 0 Å². The van der Waals surface area contributed by atoms with E-state index in [1.165, 1.54) is 12.1 Å². The first-order chi connectivity index (χ1) is 9.71. The van der Waals surface area contributed by atoms with Gasteiger partial charge in [-0.15, -0.1) is 0 Å². The van der Waals surface area contributed by atoms with Gasteiger partial charge in [-0.25, -0.2) is 8.42 Å². The lowest BCUT2D eigenvalue weighted by molar-refractivity contribution is -0.384. The average molecular weight is 332 g/mol. The lowest BCUT2D eigenvalue weighted by Gasteiger charge is -2.24. The number of nitriles is 1. The highest BCUT2D eigenvalue weighted by atomic mass is 35.5. The molecule has 0 atom stereocenters. The number of hydrogen-bond acceptors (Lipinski definition) is 5. The van der Waals surface area contributed by atoms with E-state index in [1.54, 1.807) is 13.8 Å². The zero-order valence-electron chi connectivity index (χ0n) is 11.5. The Bertz CT molecular complexity index is 682. The van der Waals surface area contributed by atoms with Crippen LogP contribution in [-0.2, 0) is 10.0 Å². The van der Waals surface area contributed by atoms with Crippen LogP contribution in [0, 0.1) is 21.4 Å². The summed E-state index contributed by atoms with van der Waals surface area (Å²) < 4.78 is 26.2. The number of rotatable bonds is 6. The van der Waals surface area contributed by atoms with E-state index in [9.17, 15) is 18.5 Å². The van der Waals surface area contributed by atoms with Crippen LogP contribution in [0.15, 0.2) is 23.1 Å². The molecule has 1 aromatic carbocycles. The molecule has 0 N–H and O–H groups in total. The molecule has 1 rings (SSSR count). The highest BCUT2D eigenvalue weighted by molar-refractivity contribution is 7.89. The van der Waals surface area contributed by atoms with Gasteiger partial charge in [0.2, 0.25) is 10.0 Å². The van der Waals surface area contributed by atoms with Crippen molar-refractivity contribution >= 4 is 27.3 Å². The van der Waals surface area contributed by atoms with Gasteiger partial charge in [-0.3, -0.25) is 10.1 Å². The van der Waals surface area contributed by atoms with Crippen LogP contribution in [0.25, 0.3) is 0 Å². The van der Waals surface area contributed by atoms with E-state index < -0.39 is 20.6 Å². The molecule has 0 radical (unpaired) electrons. The minimum Gasteiger partial charge on any atom is -0.258 e. The summed E-state index contributed by atoms with van der Waals surface area (Å²) in [5, 5.41) is 19.3. The van der Waals surface area contributed by atoms with Crippen LogP contribution in [-0.4, -0.2) is 30.2 Å². The van der Waals surface area contributed by atoms with E-state index in [1.807, 2.05) is 6.07 Å². The fourth-order valence-electron chi connectivity index (χ4n) is 1.74. The molecule has 21 heavy (non-hydrogen) atoms. The van der Waals surface area contributed by atoms with Crippen molar-refractivity contribution in [3.05, 3.63) is 33.3 Å². The summed E-state index contributed by atoms with van der Waals surface area (Å²) >= 11 is 5.67. The molecule has 0 aromatic heterocycles. The number of nitro benzene ring substituents is 1. The lowest BCUT2D eigenvalue weighted by atomic mass is 10.3. The molecule has 0 aliphatic heterocycles. The van der Waals surface area contributed by atoms with Crippen molar-refractivity contribution in [2.75, 3.05) is 6.54 Å². The third-order valence-electron chi connectivity index (χ3n) is 2.74. The second kappa shape index (κ2) is 6.85. The fraction of sp³-hybridized carbons (Fsp3) is 0.417. The van der Waals surface area contributed by atoms with Gasteiger partial charge in [-0.2, -0.15) is 9.57 Å². The molecule has 0 bridgehead atoms. The van der Waals surface area contributed by atoms with E-state index in [-0.39, 0.29) is 28.9 Å². The highest BCUT2D eigenvalue weighted by Crippen LogP contribution is 2.29. The van der Waals surface area contributed by atoms with Gasteiger partial charge in [0.25, 0.3) is 5.69 Å². The summed E-state index contributed by atoms with van der Waals surface area (Å²) in [5.41, 5.74) is -0.471. The standard InChI is InChI=1S/C12H14ClN3O4S/c1-9(2)15(7-3-6-14)21(19,20)10-4-5-11(13)12(8-10)16(17)18/h4-5,8-9H,3,7H2,1-2H3. The number of nitro groups is 1. The summed E-state index contributed by atoms with van der Waals surface area (Å²) in [6, 6.07) is 4.82. The fourth-order valence-corrected chi connectivity index (χ4v) is 3.59. The molecule has 0 saturated carbocycles. The van der Waals surface area contributed by atoms with Crippen molar-refractivity contribution < 1.29 is 13.3 Å². The third kappa shape index (κ3) is 3.91. The summed E-state index contributed by atoms with van der Waals surface area (Å²) in [7, 11) is -3.93. The molecule has 0 spiro atoms. The van der Waals surface area contributed by atoms with Crippen LogP contribution in [0.1, 0.15) is 20.3 Å². The minimum absolute atomic E-state index is 0.0208. The maximum atomic E-state index is 12.5. The summed E-state index contributed by atoms with van der Waals surface area (Å²) in [5.74, 6) is 0. The SMILES string of the molecule is CC(C)N(CCC#N)S(=O)(=O)c1ccc(Cl)c([N+](=O)[O-])c1. The van der Waals surface area contributed by atoms with Gasteiger partial charge in [0.15, 0.2) is 0 Å². The normalized spacial score (nSPS) is 11.6. The Balaban J connectivity index is 3.32. The first-order valence-corrected chi connectivity index (χ1v) is 7.86. The highest BCUT2D eigenvalue weighted by Gasteiger charge is 2.28. The Labute approximate surface area is 127 Å². The van der Waals surface area contributed by atoms with Gasteiger partial charge in [0, 0.05) is 25.1 Å². The Kier molecular flexibility index (Phi) is 5.66. The Morgan fingerprint density at radius 1 is 1.48 bits per heavy atom. The average Bonchev–Trinajstić information content (AvgIpc) is 2.38. The monoisotopic (exact) mass is 331 g/mol. The maximum absolute atomic E-state index is 12.5. The molecule has 0 amide bonds. The Morgan fingerprint density at radius 2 is 2.10 bits per heavy atom. The molecule has 114 valence electrons. The molecule has 0 saturated heterocycles. The first kappa shape index (κ1) is 17.4. The number of hydrogen-bond donors (Lipinski definition) is 0. The van der Waals surface area contributed by atoms with Gasteiger partial charge >= 0.3 is 0 Å². The molecule has 0 aliphatic carbocycles. The zero-order valence-corrected chi connectivity index (χ0v) is 13.1. The minimum atomic E-state index is -3.93. The van der Waals surface area contributed by atoms with E-state index >= 15 is 0 Å². The smallest absolute Gasteiger partial charge is 0.258 e. The zero-order chi connectivity index (χ0) is 16.2. The number of sulfonamides is 1. The van der Waals surface area contributed by atoms with Crippen molar-refractivity contribution in [1.29, 1.82) is 5.26 Å². The lowest BCUT2D eigenvalue weighted by Crippen LogP contribution is -2.37. The topological polar surface area (TPSA) is 104 Å². The molecule has 0 aliphatic rings. The molecular weight excluding hydrogens is 318 g/mol. The van der Waals surface area contributed by atoms with E-state index in [4.69, 9.17) is 16.9 Å². The Hall–Kier alpha value is -1.69. The first-order valence-electron chi connectivity index (χ1n) is 6.04. The van der Waals surface area contributed by atoms with Crippen molar-refractivity contribution in [2.45, 2.75) is 31.2 Å². The van der Waals surface area contributed by atoms with Crippen molar-refractivity contribution in [1.82, 2.24) is 4.31 Å². The van der Waals surface area contributed by atoms with Crippen molar-refractivity contribution in [2.24, 2.45) is 0 Å². The maximum Gasteiger partial charge on any atom is 0.289 e. The van der Waals surface area contributed by atoms with Crippen LogP contribution in [0.4, 0.5) is 5.69 Å². The molecular formula is C12H14ClN3O4S.